The van der Waals surface area contributed by atoms with Gasteiger partial charge in [-0.25, -0.2) is 0 Å². The molecular weight excluding hydrogens is 272 g/mol. The Kier molecular flexibility index (Phi) is 5.14. The minimum absolute atomic E-state index is 0.179. The first-order valence-electron chi connectivity index (χ1n) is 8.85. The summed E-state index contributed by atoms with van der Waals surface area (Å²) < 4.78 is 0. The summed E-state index contributed by atoms with van der Waals surface area (Å²) in [5, 5.41) is 0. The molecule has 3 heteroatoms. The third-order valence-electron chi connectivity index (χ3n) is 5.44. The van der Waals surface area contributed by atoms with Gasteiger partial charge in [0, 0.05) is 25.0 Å². The smallest absolute Gasteiger partial charge is 0.224 e. The molecular formula is C19H28N2O. The van der Waals surface area contributed by atoms with Gasteiger partial charge in [0.1, 0.15) is 0 Å². The summed E-state index contributed by atoms with van der Waals surface area (Å²) in [6.07, 6.45) is 9.45. The number of carbonyl (C=O) groups excluding carboxylic acids is 1. The molecule has 1 heterocycles. The lowest BCUT2D eigenvalue weighted by Crippen LogP contribution is -2.41. The molecule has 2 fully saturated rings. The lowest BCUT2D eigenvalue weighted by Gasteiger charge is -2.34. The molecule has 2 N–H and O–H groups in total. The van der Waals surface area contributed by atoms with E-state index in [1.54, 1.807) is 0 Å². The van der Waals surface area contributed by atoms with Gasteiger partial charge in [0.15, 0.2) is 0 Å². The van der Waals surface area contributed by atoms with Crippen molar-refractivity contribution in [2.45, 2.75) is 63.5 Å². The van der Waals surface area contributed by atoms with E-state index in [0.29, 0.717) is 12.5 Å². The Labute approximate surface area is 133 Å². The Morgan fingerprint density at radius 1 is 1.09 bits per heavy atom. The predicted molar refractivity (Wildman–Crippen MR) is 89.3 cm³/mol. The molecule has 1 aromatic rings. The number of hydrogen-bond acceptors (Lipinski definition) is 2. The molecule has 0 spiro atoms. The largest absolute Gasteiger partial charge is 0.339 e. The number of benzene rings is 1. The molecule has 0 radical (unpaired) electrons. The zero-order valence-corrected chi connectivity index (χ0v) is 13.4. The SMILES string of the molecule is NC(CC(=O)N1CCCC1C1CCCCC1)c1ccccc1. The maximum atomic E-state index is 12.7. The van der Waals surface area contributed by atoms with E-state index in [9.17, 15) is 4.79 Å². The molecule has 3 rings (SSSR count). The molecule has 3 nitrogen and oxygen atoms in total. The Morgan fingerprint density at radius 2 is 1.82 bits per heavy atom. The van der Waals surface area contributed by atoms with Gasteiger partial charge >= 0.3 is 0 Å². The van der Waals surface area contributed by atoms with Crippen molar-refractivity contribution >= 4 is 5.91 Å². The molecule has 0 bridgehead atoms. The van der Waals surface area contributed by atoms with Crippen molar-refractivity contribution in [1.82, 2.24) is 4.90 Å². The van der Waals surface area contributed by atoms with Crippen LogP contribution >= 0.6 is 0 Å². The van der Waals surface area contributed by atoms with Crippen LogP contribution < -0.4 is 5.73 Å². The molecule has 22 heavy (non-hydrogen) atoms. The van der Waals surface area contributed by atoms with Crippen LogP contribution in [0.15, 0.2) is 30.3 Å². The van der Waals surface area contributed by atoms with E-state index in [-0.39, 0.29) is 11.9 Å². The number of nitrogens with zero attached hydrogens (tertiary/aromatic N) is 1. The van der Waals surface area contributed by atoms with Crippen LogP contribution in [0.3, 0.4) is 0 Å². The van der Waals surface area contributed by atoms with Gasteiger partial charge in [-0.15, -0.1) is 0 Å². The van der Waals surface area contributed by atoms with Crippen molar-refractivity contribution in [3.8, 4) is 0 Å². The van der Waals surface area contributed by atoms with Crippen LogP contribution in [-0.2, 0) is 4.79 Å². The highest BCUT2D eigenvalue weighted by atomic mass is 16.2. The first-order chi connectivity index (χ1) is 10.8. The number of carbonyl (C=O) groups is 1. The summed E-state index contributed by atoms with van der Waals surface area (Å²) in [4.78, 5) is 14.9. The molecule has 1 aromatic carbocycles. The Morgan fingerprint density at radius 3 is 2.55 bits per heavy atom. The Bertz CT molecular complexity index is 481. The topological polar surface area (TPSA) is 46.3 Å². The minimum Gasteiger partial charge on any atom is -0.339 e. The van der Waals surface area contributed by atoms with E-state index >= 15 is 0 Å². The molecule has 2 unspecified atom stereocenters. The van der Waals surface area contributed by atoms with Gasteiger partial charge in [0.05, 0.1) is 0 Å². The van der Waals surface area contributed by atoms with Crippen molar-refractivity contribution in [3.63, 3.8) is 0 Å². The lowest BCUT2D eigenvalue weighted by molar-refractivity contribution is -0.133. The summed E-state index contributed by atoms with van der Waals surface area (Å²) in [5.41, 5.74) is 7.30. The summed E-state index contributed by atoms with van der Waals surface area (Å²) in [7, 11) is 0. The van der Waals surface area contributed by atoms with Gasteiger partial charge in [-0.05, 0) is 37.2 Å². The van der Waals surface area contributed by atoms with Crippen LogP contribution in [0.2, 0.25) is 0 Å². The van der Waals surface area contributed by atoms with Crippen molar-refractivity contribution in [1.29, 1.82) is 0 Å². The van der Waals surface area contributed by atoms with Gasteiger partial charge in [-0.3, -0.25) is 4.79 Å². The number of rotatable bonds is 4. The maximum absolute atomic E-state index is 12.7. The van der Waals surface area contributed by atoms with Crippen LogP contribution in [0.5, 0.6) is 0 Å². The summed E-state index contributed by atoms with van der Waals surface area (Å²) in [6.45, 7) is 0.932. The number of amides is 1. The lowest BCUT2D eigenvalue weighted by atomic mass is 9.83. The third-order valence-corrected chi connectivity index (χ3v) is 5.44. The molecule has 1 saturated carbocycles. The van der Waals surface area contributed by atoms with E-state index in [4.69, 9.17) is 5.73 Å². The molecule has 1 aliphatic carbocycles. The first kappa shape index (κ1) is 15.5. The maximum Gasteiger partial charge on any atom is 0.224 e. The molecule has 2 aliphatic rings. The average Bonchev–Trinajstić information content (AvgIpc) is 3.06. The van der Waals surface area contributed by atoms with Crippen LogP contribution in [0.25, 0.3) is 0 Å². The van der Waals surface area contributed by atoms with Crippen LogP contribution in [0.1, 0.15) is 63.0 Å². The summed E-state index contributed by atoms with van der Waals surface area (Å²) >= 11 is 0. The second-order valence-corrected chi connectivity index (χ2v) is 6.92. The minimum atomic E-state index is -0.179. The highest BCUT2D eigenvalue weighted by Gasteiger charge is 2.35. The van der Waals surface area contributed by atoms with Gasteiger partial charge in [-0.1, -0.05) is 49.6 Å². The molecule has 120 valence electrons. The standard InChI is InChI=1S/C19H28N2O/c20-17(15-8-3-1-4-9-15)14-19(22)21-13-7-12-18(21)16-10-5-2-6-11-16/h1,3-4,8-9,16-18H,2,5-7,10-14,20H2. The highest BCUT2D eigenvalue weighted by Crippen LogP contribution is 2.35. The number of likely N-dealkylation sites (tertiary alicyclic amines) is 1. The van der Waals surface area contributed by atoms with Crippen LogP contribution in [0.4, 0.5) is 0 Å². The van der Waals surface area contributed by atoms with E-state index < -0.39 is 0 Å². The molecule has 1 saturated heterocycles. The van der Waals surface area contributed by atoms with E-state index in [1.165, 1.54) is 38.5 Å². The second-order valence-electron chi connectivity index (χ2n) is 6.92. The average molecular weight is 300 g/mol. The molecule has 1 aliphatic heterocycles. The third kappa shape index (κ3) is 3.52. The number of nitrogens with two attached hydrogens (primary N) is 1. The van der Waals surface area contributed by atoms with Gasteiger partial charge in [-0.2, -0.15) is 0 Å². The summed E-state index contributed by atoms with van der Waals surface area (Å²) in [6, 6.07) is 10.3. The zero-order valence-electron chi connectivity index (χ0n) is 13.4. The van der Waals surface area contributed by atoms with E-state index in [1.807, 2.05) is 30.3 Å². The Hall–Kier alpha value is -1.35. The highest BCUT2D eigenvalue weighted by molar-refractivity contribution is 5.77. The van der Waals surface area contributed by atoms with E-state index in [0.717, 1.165) is 24.4 Å². The molecule has 1 amide bonds. The summed E-state index contributed by atoms with van der Waals surface area (Å²) in [5.74, 6) is 0.984. The van der Waals surface area contributed by atoms with Crippen LogP contribution in [-0.4, -0.2) is 23.4 Å². The molecule has 2 atom stereocenters. The number of hydrogen-bond donors (Lipinski definition) is 1. The van der Waals surface area contributed by atoms with Gasteiger partial charge in [0.2, 0.25) is 5.91 Å². The van der Waals surface area contributed by atoms with Crippen molar-refractivity contribution in [3.05, 3.63) is 35.9 Å². The fraction of sp³-hybridized carbons (Fsp3) is 0.632. The molecule has 0 aromatic heterocycles. The van der Waals surface area contributed by atoms with E-state index in [2.05, 4.69) is 4.90 Å². The fourth-order valence-corrected chi connectivity index (χ4v) is 4.23. The van der Waals surface area contributed by atoms with Crippen molar-refractivity contribution in [2.24, 2.45) is 11.7 Å². The predicted octanol–water partition coefficient (Wildman–Crippen LogP) is 3.65. The first-order valence-corrected chi connectivity index (χ1v) is 8.85. The van der Waals surface area contributed by atoms with Crippen LogP contribution in [0, 0.1) is 5.92 Å². The van der Waals surface area contributed by atoms with Gasteiger partial charge < -0.3 is 10.6 Å². The second kappa shape index (κ2) is 7.28. The Balaban J connectivity index is 1.61. The van der Waals surface area contributed by atoms with Crippen molar-refractivity contribution in [2.75, 3.05) is 6.54 Å². The quantitative estimate of drug-likeness (QED) is 0.922. The monoisotopic (exact) mass is 300 g/mol. The van der Waals surface area contributed by atoms with Crippen molar-refractivity contribution < 1.29 is 4.79 Å². The normalized spacial score (nSPS) is 24.4. The zero-order chi connectivity index (χ0) is 15.4. The fourth-order valence-electron chi connectivity index (χ4n) is 4.23. The van der Waals surface area contributed by atoms with Gasteiger partial charge in [0.25, 0.3) is 0 Å².